The molecule has 0 aromatic heterocycles. The second-order valence-corrected chi connectivity index (χ2v) is 4.43. The molecule has 2 aliphatic rings. The Morgan fingerprint density at radius 3 is 2.88 bits per heavy atom. The van der Waals surface area contributed by atoms with Gasteiger partial charge in [0, 0.05) is 12.1 Å². The van der Waals surface area contributed by atoms with Crippen molar-refractivity contribution in [1.82, 2.24) is 10.6 Å². The van der Waals surface area contributed by atoms with E-state index in [4.69, 9.17) is 9.47 Å². The molecule has 1 amide bonds. The zero-order valence-corrected chi connectivity index (χ0v) is 10.9. The molecule has 0 radical (unpaired) electrons. The van der Waals surface area contributed by atoms with E-state index in [1.54, 1.807) is 0 Å². The Hall–Kier alpha value is -0.360. The van der Waals surface area contributed by atoms with Crippen molar-refractivity contribution in [2.75, 3.05) is 26.4 Å². The maximum Gasteiger partial charge on any atom is 0.251 e. The van der Waals surface area contributed by atoms with Gasteiger partial charge in [-0.2, -0.15) is 0 Å². The van der Waals surface area contributed by atoms with Gasteiger partial charge in [0.25, 0.3) is 5.91 Å². The van der Waals surface area contributed by atoms with Crippen molar-refractivity contribution in [1.29, 1.82) is 0 Å². The summed E-state index contributed by atoms with van der Waals surface area (Å²) < 4.78 is 10.6. The van der Waals surface area contributed by atoms with Crippen molar-refractivity contribution in [2.45, 2.75) is 38.0 Å². The van der Waals surface area contributed by atoms with Gasteiger partial charge in [0.05, 0.1) is 19.8 Å². The first-order chi connectivity index (χ1) is 7.77. The first kappa shape index (κ1) is 14.7. The molecule has 6 heteroatoms. The summed E-state index contributed by atoms with van der Waals surface area (Å²) in [7, 11) is 0. The number of piperidine rings is 1. The van der Waals surface area contributed by atoms with Gasteiger partial charge < -0.3 is 20.1 Å². The monoisotopic (exact) mass is 264 g/mol. The van der Waals surface area contributed by atoms with Crippen LogP contribution in [0.25, 0.3) is 0 Å². The fourth-order valence-corrected chi connectivity index (χ4v) is 2.16. The average molecular weight is 265 g/mol. The molecule has 0 bridgehead atoms. The van der Waals surface area contributed by atoms with E-state index in [0.29, 0.717) is 25.9 Å². The molecule has 2 rings (SSSR count). The highest BCUT2D eigenvalue weighted by molar-refractivity contribution is 5.85. The molecule has 3 atom stereocenters. The van der Waals surface area contributed by atoms with Crippen LogP contribution in [-0.2, 0) is 14.3 Å². The van der Waals surface area contributed by atoms with Crippen LogP contribution in [0.2, 0.25) is 0 Å². The van der Waals surface area contributed by atoms with E-state index in [1.165, 1.54) is 0 Å². The summed E-state index contributed by atoms with van der Waals surface area (Å²) in [6.07, 6.45) is 1.72. The SMILES string of the molecule is CC1NCCCC1NC(=O)C1COCCO1.Cl. The number of hydrogen-bond donors (Lipinski definition) is 2. The number of carbonyl (C=O) groups is 1. The maximum atomic E-state index is 11.9. The Labute approximate surface area is 108 Å². The molecule has 2 fully saturated rings. The van der Waals surface area contributed by atoms with Crippen LogP contribution in [0.4, 0.5) is 0 Å². The third-order valence-corrected chi connectivity index (χ3v) is 3.20. The largest absolute Gasteiger partial charge is 0.376 e. The van der Waals surface area contributed by atoms with E-state index >= 15 is 0 Å². The third kappa shape index (κ3) is 4.10. The number of ether oxygens (including phenoxy) is 2. The van der Waals surface area contributed by atoms with Gasteiger partial charge in [-0.05, 0) is 26.3 Å². The van der Waals surface area contributed by atoms with Crippen molar-refractivity contribution < 1.29 is 14.3 Å². The molecule has 0 aromatic rings. The Morgan fingerprint density at radius 1 is 1.41 bits per heavy atom. The molecule has 0 aromatic carbocycles. The lowest BCUT2D eigenvalue weighted by atomic mass is 9.99. The quantitative estimate of drug-likeness (QED) is 0.742. The third-order valence-electron chi connectivity index (χ3n) is 3.20. The van der Waals surface area contributed by atoms with Crippen LogP contribution in [0.3, 0.4) is 0 Å². The number of halogens is 1. The molecule has 0 saturated carbocycles. The van der Waals surface area contributed by atoms with Crippen LogP contribution < -0.4 is 10.6 Å². The molecule has 5 nitrogen and oxygen atoms in total. The molecule has 0 aliphatic carbocycles. The van der Waals surface area contributed by atoms with Crippen LogP contribution in [-0.4, -0.2) is 50.5 Å². The van der Waals surface area contributed by atoms with Gasteiger partial charge in [-0.1, -0.05) is 0 Å². The minimum atomic E-state index is -0.428. The number of hydrogen-bond acceptors (Lipinski definition) is 4. The molecule has 17 heavy (non-hydrogen) atoms. The zero-order chi connectivity index (χ0) is 11.4. The summed E-state index contributed by atoms with van der Waals surface area (Å²) in [6.45, 7) is 4.61. The summed E-state index contributed by atoms with van der Waals surface area (Å²) in [5.41, 5.74) is 0. The van der Waals surface area contributed by atoms with Gasteiger partial charge in [-0.15, -0.1) is 12.4 Å². The number of amides is 1. The van der Waals surface area contributed by atoms with E-state index in [0.717, 1.165) is 19.4 Å². The lowest BCUT2D eigenvalue weighted by molar-refractivity contribution is -0.148. The van der Waals surface area contributed by atoms with E-state index in [-0.39, 0.29) is 24.4 Å². The summed E-state index contributed by atoms with van der Waals surface area (Å²) >= 11 is 0. The summed E-state index contributed by atoms with van der Waals surface area (Å²) in [5, 5.41) is 6.39. The molecule has 2 heterocycles. The van der Waals surface area contributed by atoms with Gasteiger partial charge in [0.1, 0.15) is 0 Å². The van der Waals surface area contributed by atoms with E-state index < -0.39 is 6.10 Å². The van der Waals surface area contributed by atoms with Gasteiger partial charge >= 0.3 is 0 Å². The van der Waals surface area contributed by atoms with Crippen molar-refractivity contribution >= 4 is 18.3 Å². The fourth-order valence-electron chi connectivity index (χ4n) is 2.16. The number of rotatable bonds is 2. The molecular weight excluding hydrogens is 244 g/mol. The van der Waals surface area contributed by atoms with Crippen molar-refractivity contribution in [2.24, 2.45) is 0 Å². The lowest BCUT2D eigenvalue weighted by Crippen LogP contribution is -2.55. The molecule has 2 saturated heterocycles. The molecule has 2 aliphatic heterocycles. The molecule has 3 unspecified atom stereocenters. The standard InChI is InChI=1S/C11H20N2O3.ClH/c1-8-9(3-2-4-12-8)13-11(14)10-7-15-5-6-16-10;/h8-10,12H,2-7H2,1H3,(H,13,14);1H. The lowest BCUT2D eigenvalue weighted by Gasteiger charge is -2.32. The Bertz CT molecular complexity index is 247. The summed E-state index contributed by atoms with van der Waals surface area (Å²) in [4.78, 5) is 11.9. The summed E-state index contributed by atoms with van der Waals surface area (Å²) in [5.74, 6) is -0.0414. The minimum absolute atomic E-state index is 0. The minimum Gasteiger partial charge on any atom is -0.376 e. The van der Waals surface area contributed by atoms with Crippen LogP contribution in [0, 0.1) is 0 Å². The van der Waals surface area contributed by atoms with Crippen LogP contribution >= 0.6 is 12.4 Å². The van der Waals surface area contributed by atoms with Crippen LogP contribution in [0.15, 0.2) is 0 Å². The first-order valence-corrected chi connectivity index (χ1v) is 6.00. The fraction of sp³-hybridized carbons (Fsp3) is 0.909. The van der Waals surface area contributed by atoms with Gasteiger partial charge in [0.2, 0.25) is 0 Å². The first-order valence-electron chi connectivity index (χ1n) is 6.00. The second-order valence-electron chi connectivity index (χ2n) is 4.43. The number of carbonyl (C=O) groups excluding carboxylic acids is 1. The van der Waals surface area contributed by atoms with Crippen LogP contribution in [0.1, 0.15) is 19.8 Å². The highest BCUT2D eigenvalue weighted by atomic mass is 35.5. The van der Waals surface area contributed by atoms with Crippen molar-refractivity contribution in [3.8, 4) is 0 Å². The van der Waals surface area contributed by atoms with E-state index in [1.807, 2.05) is 0 Å². The Morgan fingerprint density at radius 2 is 2.24 bits per heavy atom. The maximum absolute atomic E-state index is 11.9. The highest BCUT2D eigenvalue weighted by Crippen LogP contribution is 2.09. The van der Waals surface area contributed by atoms with E-state index in [9.17, 15) is 4.79 Å². The number of nitrogens with one attached hydrogen (secondary N) is 2. The normalized spacial score (nSPS) is 33.6. The smallest absolute Gasteiger partial charge is 0.251 e. The van der Waals surface area contributed by atoms with Gasteiger partial charge in [-0.3, -0.25) is 4.79 Å². The van der Waals surface area contributed by atoms with Crippen LogP contribution in [0.5, 0.6) is 0 Å². The van der Waals surface area contributed by atoms with Crippen molar-refractivity contribution in [3.05, 3.63) is 0 Å². The van der Waals surface area contributed by atoms with Crippen molar-refractivity contribution in [3.63, 3.8) is 0 Å². The molecule has 100 valence electrons. The van der Waals surface area contributed by atoms with Gasteiger partial charge in [-0.25, -0.2) is 0 Å². The predicted molar refractivity (Wildman–Crippen MR) is 66.4 cm³/mol. The molecule has 2 N–H and O–H groups in total. The average Bonchev–Trinajstić information content (AvgIpc) is 2.33. The second kappa shape index (κ2) is 7.16. The topological polar surface area (TPSA) is 59.6 Å². The van der Waals surface area contributed by atoms with E-state index in [2.05, 4.69) is 17.6 Å². The zero-order valence-electron chi connectivity index (χ0n) is 10.1. The van der Waals surface area contributed by atoms with Gasteiger partial charge in [0.15, 0.2) is 6.10 Å². The summed E-state index contributed by atoms with van der Waals surface area (Å²) in [6, 6.07) is 0.550. The Balaban J connectivity index is 0.00000144. The molecule has 0 spiro atoms. The predicted octanol–water partition coefficient (Wildman–Crippen LogP) is 0.0803. The Kier molecular flexibility index (Phi) is 6.19. The highest BCUT2D eigenvalue weighted by Gasteiger charge is 2.28. The molecular formula is C11H21ClN2O3.